The van der Waals surface area contributed by atoms with Gasteiger partial charge in [0.15, 0.2) is 11.5 Å². The molecule has 9 nitrogen and oxygen atoms in total. The predicted octanol–water partition coefficient (Wildman–Crippen LogP) is 2.29. The number of piperidine rings is 2. The summed E-state index contributed by atoms with van der Waals surface area (Å²) in [5.74, 6) is 1.25. The molecule has 3 atom stereocenters. The molecule has 3 aliphatic rings. The summed E-state index contributed by atoms with van der Waals surface area (Å²) >= 11 is 0. The van der Waals surface area contributed by atoms with E-state index in [9.17, 15) is 14.4 Å². The number of methoxy groups -OCH3 is 2. The van der Waals surface area contributed by atoms with Crippen LogP contribution in [0.3, 0.4) is 0 Å². The summed E-state index contributed by atoms with van der Waals surface area (Å²) in [4.78, 5) is 41.5. The maximum Gasteiger partial charge on any atom is 0.325 e. The van der Waals surface area contributed by atoms with Gasteiger partial charge in [0.25, 0.3) is 5.91 Å². The molecule has 4 amide bonds. The van der Waals surface area contributed by atoms with Gasteiger partial charge in [-0.3, -0.25) is 14.5 Å². The number of rotatable bonds is 9. The van der Waals surface area contributed by atoms with Gasteiger partial charge in [0.2, 0.25) is 5.91 Å². The van der Waals surface area contributed by atoms with Crippen molar-refractivity contribution >= 4 is 17.8 Å². The molecule has 0 aromatic heterocycles. The smallest absolute Gasteiger partial charge is 0.325 e. The maximum absolute atomic E-state index is 12.8. The second-order valence-electron chi connectivity index (χ2n) is 9.46. The predicted molar refractivity (Wildman–Crippen MR) is 127 cm³/mol. The van der Waals surface area contributed by atoms with Crippen LogP contribution in [0, 0.1) is 5.92 Å². The first-order valence-corrected chi connectivity index (χ1v) is 12.3. The third-order valence-corrected chi connectivity index (χ3v) is 7.35. The van der Waals surface area contributed by atoms with Gasteiger partial charge in [-0.2, -0.15) is 0 Å². The van der Waals surface area contributed by atoms with Crippen molar-refractivity contribution in [3.8, 4) is 11.5 Å². The molecule has 9 heteroatoms. The fourth-order valence-electron chi connectivity index (χ4n) is 5.51. The highest BCUT2D eigenvalue weighted by molar-refractivity contribution is 6.04. The van der Waals surface area contributed by atoms with E-state index in [0.717, 1.165) is 12.0 Å². The first kappa shape index (κ1) is 24.3. The lowest BCUT2D eigenvalue weighted by Crippen LogP contribution is -2.51. The standard InChI is InChI=1S/C25H36N4O5/c1-33-21-10-8-17(14-22(21)34-2)16-29-24(31)19(27-25(29)32)9-11-23(30)26-15-18-6-5-13-28-12-4-3-7-20(18)28/h8,10,14,18-20H,3-7,9,11-13,15-16H2,1-2H3,(H,26,30)(H,27,32)/t18-,19-,20?/m0/s1. The van der Waals surface area contributed by atoms with E-state index in [2.05, 4.69) is 15.5 Å². The third kappa shape index (κ3) is 5.46. The molecule has 0 radical (unpaired) electrons. The average molecular weight is 473 g/mol. The van der Waals surface area contributed by atoms with E-state index in [1.807, 2.05) is 0 Å². The SMILES string of the molecule is COc1ccc(CN2C(=O)N[C@@H](CCC(=O)NC[C@@H]3CCCN4CCCCC34)C2=O)cc1OC. The zero-order valence-corrected chi connectivity index (χ0v) is 20.2. The van der Waals surface area contributed by atoms with E-state index in [4.69, 9.17) is 9.47 Å². The molecule has 3 saturated heterocycles. The summed E-state index contributed by atoms with van der Waals surface area (Å²) in [6, 6.07) is 4.75. The highest BCUT2D eigenvalue weighted by atomic mass is 16.5. The lowest BCUT2D eigenvalue weighted by molar-refractivity contribution is -0.128. The number of carbonyl (C=O) groups is 3. The van der Waals surface area contributed by atoms with Crippen molar-refractivity contribution in [1.29, 1.82) is 0 Å². The van der Waals surface area contributed by atoms with Gasteiger partial charge in [0.05, 0.1) is 20.8 Å². The fraction of sp³-hybridized carbons (Fsp3) is 0.640. The van der Waals surface area contributed by atoms with Crippen molar-refractivity contribution in [3.05, 3.63) is 23.8 Å². The molecule has 1 unspecified atom stereocenters. The van der Waals surface area contributed by atoms with Crippen molar-refractivity contribution in [2.45, 2.75) is 63.6 Å². The van der Waals surface area contributed by atoms with Crippen LogP contribution in [0.25, 0.3) is 0 Å². The second kappa shape index (κ2) is 11.1. The summed E-state index contributed by atoms with van der Waals surface area (Å²) in [5, 5.41) is 5.80. The van der Waals surface area contributed by atoms with Crippen molar-refractivity contribution in [2.24, 2.45) is 5.92 Å². The molecule has 0 bridgehead atoms. The molecule has 0 saturated carbocycles. The molecular weight excluding hydrogens is 436 g/mol. The van der Waals surface area contributed by atoms with Gasteiger partial charge >= 0.3 is 6.03 Å². The average Bonchev–Trinajstić information content (AvgIpc) is 3.13. The van der Waals surface area contributed by atoms with Crippen LogP contribution >= 0.6 is 0 Å². The molecule has 2 N–H and O–H groups in total. The lowest BCUT2D eigenvalue weighted by atomic mass is 9.83. The number of hydrogen-bond donors (Lipinski definition) is 2. The van der Waals surface area contributed by atoms with Crippen LogP contribution in [-0.4, -0.2) is 73.6 Å². The summed E-state index contributed by atoms with van der Waals surface area (Å²) in [6.07, 6.45) is 6.62. The van der Waals surface area contributed by atoms with Gasteiger partial charge in [0.1, 0.15) is 6.04 Å². The van der Waals surface area contributed by atoms with E-state index >= 15 is 0 Å². The molecule has 34 heavy (non-hydrogen) atoms. The number of hydrogen-bond acceptors (Lipinski definition) is 6. The minimum atomic E-state index is -0.679. The Kier molecular flexibility index (Phi) is 7.92. The third-order valence-electron chi connectivity index (χ3n) is 7.35. The number of urea groups is 1. The van der Waals surface area contributed by atoms with Crippen molar-refractivity contribution in [3.63, 3.8) is 0 Å². The van der Waals surface area contributed by atoms with Crippen LogP contribution in [0.2, 0.25) is 0 Å². The van der Waals surface area contributed by atoms with Crippen LogP contribution in [-0.2, 0) is 16.1 Å². The van der Waals surface area contributed by atoms with Gasteiger partial charge in [0, 0.05) is 19.0 Å². The zero-order chi connectivity index (χ0) is 24.1. The number of ether oxygens (including phenoxy) is 2. The zero-order valence-electron chi connectivity index (χ0n) is 20.2. The molecule has 3 aliphatic heterocycles. The Balaban J connectivity index is 1.25. The minimum absolute atomic E-state index is 0.0617. The molecule has 4 rings (SSSR count). The number of amides is 4. The molecule has 0 spiro atoms. The van der Waals surface area contributed by atoms with E-state index in [1.54, 1.807) is 25.3 Å². The Morgan fingerprint density at radius 3 is 2.68 bits per heavy atom. The summed E-state index contributed by atoms with van der Waals surface area (Å²) in [5.41, 5.74) is 0.754. The van der Waals surface area contributed by atoms with Crippen LogP contribution < -0.4 is 20.1 Å². The monoisotopic (exact) mass is 472 g/mol. The normalized spacial score (nSPS) is 25.0. The minimum Gasteiger partial charge on any atom is -0.493 e. The Hall–Kier alpha value is -2.81. The van der Waals surface area contributed by atoms with Crippen LogP contribution in [0.4, 0.5) is 4.79 Å². The molecule has 1 aromatic carbocycles. The first-order chi connectivity index (χ1) is 16.5. The van der Waals surface area contributed by atoms with E-state index in [1.165, 1.54) is 50.8 Å². The number of carbonyl (C=O) groups excluding carboxylic acids is 3. The van der Waals surface area contributed by atoms with E-state index in [0.29, 0.717) is 36.4 Å². The van der Waals surface area contributed by atoms with Gasteiger partial charge in [-0.05, 0) is 68.8 Å². The molecule has 186 valence electrons. The summed E-state index contributed by atoms with van der Waals surface area (Å²) in [7, 11) is 3.09. The molecular formula is C25H36N4O5. The topological polar surface area (TPSA) is 100 Å². The van der Waals surface area contributed by atoms with Gasteiger partial charge in [-0.1, -0.05) is 12.5 Å². The number of imide groups is 1. The lowest BCUT2D eigenvalue weighted by Gasteiger charge is -2.44. The van der Waals surface area contributed by atoms with Crippen molar-refractivity contribution in [2.75, 3.05) is 33.9 Å². The number of benzene rings is 1. The number of nitrogens with one attached hydrogen (secondary N) is 2. The first-order valence-electron chi connectivity index (χ1n) is 12.3. The molecule has 3 fully saturated rings. The quantitative estimate of drug-likeness (QED) is 0.535. The number of fused-ring (bicyclic) bond motifs is 1. The number of nitrogens with zero attached hydrogens (tertiary/aromatic N) is 2. The summed E-state index contributed by atoms with van der Waals surface area (Å²) in [6.45, 7) is 3.18. The summed E-state index contributed by atoms with van der Waals surface area (Å²) < 4.78 is 10.5. The maximum atomic E-state index is 12.8. The molecule has 1 aromatic rings. The Bertz CT molecular complexity index is 905. The van der Waals surface area contributed by atoms with Crippen LogP contribution in [0.5, 0.6) is 11.5 Å². The van der Waals surface area contributed by atoms with Crippen molar-refractivity contribution in [1.82, 2.24) is 20.4 Å². The van der Waals surface area contributed by atoms with Gasteiger partial charge in [-0.25, -0.2) is 4.79 Å². The van der Waals surface area contributed by atoms with Gasteiger partial charge in [-0.15, -0.1) is 0 Å². The highest BCUT2D eigenvalue weighted by Crippen LogP contribution is 2.31. The van der Waals surface area contributed by atoms with Gasteiger partial charge < -0.3 is 25.0 Å². The Labute approximate surface area is 201 Å². The Morgan fingerprint density at radius 1 is 1.09 bits per heavy atom. The molecule has 0 aliphatic carbocycles. The highest BCUT2D eigenvalue weighted by Gasteiger charge is 2.38. The largest absolute Gasteiger partial charge is 0.493 e. The van der Waals surface area contributed by atoms with E-state index in [-0.39, 0.29) is 24.8 Å². The molecule has 3 heterocycles. The van der Waals surface area contributed by atoms with Crippen LogP contribution in [0.1, 0.15) is 50.5 Å². The Morgan fingerprint density at radius 2 is 1.88 bits per heavy atom. The van der Waals surface area contributed by atoms with Crippen LogP contribution in [0.15, 0.2) is 18.2 Å². The fourth-order valence-corrected chi connectivity index (χ4v) is 5.51. The van der Waals surface area contributed by atoms with Crippen molar-refractivity contribution < 1.29 is 23.9 Å². The van der Waals surface area contributed by atoms with E-state index < -0.39 is 12.1 Å². The second-order valence-corrected chi connectivity index (χ2v) is 9.46.